The van der Waals surface area contributed by atoms with Gasteiger partial charge < -0.3 is 15.0 Å². The first kappa shape index (κ1) is 18.3. The van der Waals surface area contributed by atoms with Crippen LogP contribution in [-0.2, 0) is 6.18 Å². The molecule has 1 N–H and O–H groups in total. The first-order chi connectivity index (χ1) is 13.3. The zero-order valence-corrected chi connectivity index (χ0v) is 14.8. The molecule has 1 spiro atoms. The molecule has 1 unspecified atom stereocenters. The molecule has 2 amide bonds. The predicted octanol–water partition coefficient (Wildman–Crippen LogP) is 4.35. The number of anilines is 1. The Morgan fingerprint density at radius 1 is 1.11 bits per heavy atom. The van der Waals surface area contributed by atoms with Crippen LogP contribution in [0.2, 0.25) is 0 Å². The number of nitrogens with zero attached hydrogens (tertiary/aromatic N) is 1. The molecule has 5 nitrogen and oxygen atoms in total. The first-order valence-corrected chi connectivity index (χ1v) is 8.80. The summed E-state index contributed by atoms with van der Waals surface area (Å²) in [6, 6.07) is 10.8. The van der Waals surface area contributed by atoms with Crippen LogP contribution in [0.5, 0.6) is 5.75 Å². The number of para-hydroxylation sites is 1. The van der Waals surface area contributed by atoms with Gasteiger partial charge in [-0.25, -0.2) is 4.79 Å². The van der Waals surface area contributed by atoms with E-state index in [4.69, 9.17) is 4.74 Å². The van der Waals surface area contributed by atoms with Crippen LogP contribution >= 0.6 is 0 Å². The molecule has 0 radical (unpaired) electrons. The van der Waals surface area contributed by atoms with Crippen LogP contribution in [-0.4, -0.2) is 35.4 Å². The van der Waals surface area contributed by atoms with E-state index in [1.807, 2.05) is 0 Å². The van der Waals surface area contributed by atoms with Crippen molar-refractivity contribution in [1.29, 1.82) is 0 Å². The number of rotatable bonds is 1. The van der Waals surface area contributed by atoms with Crippen molar-refractivity contribution in [2.24, 2.45) is 0 Å². The number of ether oxygens (including phenoxy) is 1. The SMILES string of the molecule is O=C1CC2(CCN(C(=O)Nc3ccc(C(F)(F)F)cc3)C2)Oc2ccccc21. The van der Waals surface area contributed by atoms with E-state index in [-0.39, 0.29) is 24.4 Å². The fourth-order valence-corrected chi connectivity index (χ4v) is 3.63. The van der Waals surface area contributed by atoms with Crippen molar-refractivity contribution in [3.8, 4) is 5.75 Å². The van der Waals surface area contributed by atoms with Gasteiger partial charge in [0.1, 0.15) is 11.4 Å². The van der Waals surface area contributed by atoms with E-state index in [0.717, 1.165) is 12.1 Å². The number of urea groups is 1. The third-order valence-corrected chi connectivity index (χ3v) is 5.06. The Bertz CT molecular complexity index is 927. The molecule has 0 aliphatic carbocycles. The average molecular weight is 390 g/mol. The first-order valence-electron chi connectivity index (χ1n) is 8.80. The van der Waals surface area contributed by atoms with E-state index in [1.54, 1.807) is 24.3 Å². The van der Waals surface area contributed by atoms with E-state index in [1.165, 1.54) is 17.0 Å². The van der Waals surface area contributed by atoms with Gasteiger partial charge in [0.2, 0.25) is 0 Å². The molecular weight excluding hydrogens is 373 g/mol. The van der Waals surface area contributed by atoms with Gasteiger partial charge in [0, 0.05) is 18.7 Å². The lowest BCUT2D eigenvalue weighted by Crippen LogP contribution is -2.45. The van der Waals surface area contributed by atoms with Crippen molar-refractivity contribution < 1.29 is 27.5 Å². The third-order valence-electron chi connectivity index (χ3n) is 5.06. The van der Waals surface area contributed by atoms with Gasteiger partial charge in [-0.15, -0.1) is 0 Å². The number of benzene rings is 2. The minimum absolute atomic E-state index is 0.0214. The highest BCUT2D eigenvalue weighted by atomic mass is 19.4. The molecule has 0 aromatic heterocycles. The van der Waals surface area contributed by atoms with Crippen LogP contribution in [0.15, 0.2) is 48.5 Å². The van der Waals surface area contributed by atoms with Gasteiger partial charge in [0.25, 0.3) is 0 Å². The number of halogens is 3. The number of alkyl halides is 3. The van der Waals surface area contributed by atoms with Crippen LogP contribution in [0.1, 0.15) is 28.8 Å². The highest BCUT2D eigenvalue weighted by Crippen LogP contribution is 2.38. The molecule has 2 aromatic rings. The van der Waals surface area contributed by atoms with E-state index < -0.39 is 23.4 Å². The second kappa shape index (κ2) is 6.54. The Hall–Kier alpha value is -3.03. The molecule has 1 atom stereocenters. The van der Waals surface area contributed by atoms with Gasteiger partial charge in [-0.05, 0) is 36.4 Å². The zero-order valence-electron chi connectivity index (χ0n) is 14.8. The van der Waals surface area contributed by atoms with Gasteiger partial charge >= 0.3 is 12.2 Å². The largest absolute Gasteiger partial charge is 0.484 e. The maximum atomic E-state index is 12.6. The Balaban J connectivity index is 1.43. The zero-order chi connectivity index (χ0) is 19.9. The van der Waals surface area contributed by atoms with Crippen LogP contribution < -0.4 is 10.1 Å². The summed E-state index contributed by atoms with van der Waals surface area (Å²) in [5, 5.41) is 2.59. The number of carbonyl (C=O) groups excluding carboxylic acids is 2. The summed E-state index contributed by atoms with van der Waals surface area (Å²) in [7, 11) is 0. The van der Waals surface area contributed by atoms with Crippen molar-refractivity contribution in [2.45, 2.75) is 24.6 Å². The highest BCUT2D eigenvalue weighted by molar-refractivity contribution is 6.00. The standard InChI is InChI=1S/C20H17F3N2O3/c21-20(22,23)13-5-7-14(8-6-13)24-18(27)25-10-9-19(12-25)11-16(26)15-3-1-2-4-17(15)28-19/h1-8H,9-12H2,(H,24,27). The third kappa shape index (κ3) is 3.42. The topological polar surface area (TPSA) is 58.6 Å². The average Bonchev–Trinajstić information content (AvgIpc) is 3.04. The highest BCUT2D eigenvalue weighted by Gasteiger charge is 2.47. The Kier molecular flexibility index (Phi) is 4.28. The maximum Gasteiger partial charge on any atom is 0.416 e. The molecule has 4 rings (SSSR count). The minimum atomic E-state index is -4.43. The molecule has 8 heteroatoms. The minimum Gasteiger partial charge on any atom is -0.484 e. The van der Waals surface area contributed by atoms with E-state index >= 15 is 0 Å². The van der Waals surface area contributed by atoms with Crippen LogP contribution in [0, 0.1) is 0 Å². The molecule has 1 saturated heterocycles. The molecule has 146 valence electrons. The van der Waals surface area contributed by atoms with Crippen molar-refractivity contribution in [2.75, 3.05) is 18.4 Å². The molecule has 2 aliphatic heterocycles. The van der Waals surface area contributed by atoms with Gasteiger partial charge in [-0.3, -0.25) is 4.79 Å². The van der Waals surface area contributed by atoms with Gasteiger partial charge in [-0.1, -0.05) is 12.1 Å². The predicted molar refractivity (Wildman–Crippen MR) is 95.4 cm³/mol. The fraction of sp³-hybridized carbons (Fsp3) is 0.300. The van der Waals surface area contributed by atoms with Gasteiger partial charge in [-0.2, -0.15) is 13.2 Å². The number of hydrogen-bond donors (Lipinski definition) is 1. The second-order valence-electron chi connectivity index (χ2n) is 7.06. The number of ketones is 1. The van der Waals surface area contributed by atoms with Crippen molar-refractivity contribution in [1.82, 2.24) is 4.90 Å². The van der Waals surface area contributed by atoms with Crippen LogP contribution in [0.25, 0.3) is 0 Å². The quantitative estimate of drug-likeness (QED) is 0.788. The van der Waals surface area contributed by atoms with Crippen molar-refractivity contribution in [3.05, 3.63) is 59.7 Å². The summed E-state index contributed by atoms with van der Waals surface area (Å²) in [5.74, 6) is 0.496. The number of Topliss-reactive ketones (excluding diaryl/α,β-unsaturated/α-hetero) is 1. The maximum absolute atomic E-state index is 12.6. The summed E-state index contributed by atoms with van der Waals surface area (Å²) >= 11 is 0. The fourth-order valence-electron chi connectivity index (χ4n) is 3.63. The summed E-state index contributed by atoms with van der Waals surface area (Å²) in [6.45, 7) is 0.626. The molecule has 1 fully saturated rings. The smallest absolute Gasteiger partial charge is 0.416 e. The lowest BCUT2D eigenvalue weighted by Gasteiger charge is -2.34. The van der Waals surface area contributed by atoms with E-state index in [2.05, 4.69) is 5.32 Å². The van der Waals surface area contributed by atoms with Crippen LogP contribution in [0.4, 0.5) is 23.7 Å². The molecule has 28 heavy (non-hydrogen) atoms. The van der Waals surface area contributed by atoms with E-state index in [0.29, 0.717) is 24.3 Å². The second-order valence-corrected chi connectivity index (χ2v) is 7.06. The Morgan fingerprint density at radius 3 is 2.54 bits per heavy atom. The normalized spacial score (nSPS) is 21.4. The lowest BCUT2D eigenvalue weighted by molar-refractivity contribution is -0.137. The number of likely N-dealkylation sites (tertiary alicyclic amines) is 1. The number of fused-ring (bicyclic) bond motifs is 1. The Labute approximate surface area is 159 Å². The number of nitrogens with one attached hydrogen (secondary N) is 1. The molecule has 2 aliphatic rings. The van der Waals surface area contributed by atoms with Crippen LogP contribution in [0.3, 0.4) is 0 Å². The van der Waals surface area contributed by atoms with E-state index in [9.17, 15) is 22.8 Å². The monoisotopic (exact) mass is 390 g/mol. The molecule has 0 bridgehead atoms. The summed E-state index contributed by atoms with van der Waals surface area (Å²) in [6.07, 6.45) is -3.73. The summed E-state index contributed by atoms with van der Waals surface area (Å²) in [4.78, 5) is 26.5. The van der Waals surface area contributed by atoms with Gasteiger partial charge in [0.15, 0.2) is 5.78 Å². The Morgan fingerprint density at radius 2 is 1.82 bits per heavy atom. The van der Waals surface area contributed by atoms with Gasteiger partial charge in [0.05, 0.1) is 24.1 Å². The van der Waals surface area contributed by atoms with Crippen molar-refractivity contribution in [3.63, 3.8) is 0 Å². The lowest BCUT2D eigenvalue weighted by atomic mass is 9.89. The summed E-state index contributed by atoms with van der Waals surface area (Å²) in [5.41, 5.74) is -0.729. The summed E-state index contributed by atoms with van der Waals surface area (Å²) < 4.78 is 44.0. The number of carbonyl (C=O) groups is 2. The number of hydrogen-bond acceptors (Lipinski definition) is 3. The number of amides is 2. The van der Waals surface area contributed by atoms with Crippen molar-refractivity contribution >= 4 is 17.5 Å². The molecular formula is C20H17F3N2O3. The molecule has 2 heterocycles. The molecule has 0 saturated carbocycles. The molecule has 2 aromatic carbocycles.